The number of carbonyl (C=O) groups excluding carboxylic acids is 1. The van der Waals surface area contributed by atoms with E-state index in [1.165, 1.54) is 36.3 Å². The second-order valence-corrected chi connectivity index (χ2v) is 6.92. The Balaban J connectivity index is 1.61. The van der Waals surface area contributed by atoms with Gasteiger partial charge in [0.05, 0.1) is 11.3 Å². The lowest BCUT2D eigenvalue weighted by atomic mass is 10.0. The minimum atomic E-state index is -0.524. The Hall–Kier alpha value is -1.79. The molecule has 1 fully saturated rings. The number of benzene rings is 1. The van der Waals surface area contributed by atoms with E-state index in [2.05, 4.69) is 22.1 Å². The van der Waals surface area contributed by atoms with Crippen LogP contribution < -0.4 is 5.32 Å². The first-order chi connectivity index (χ1) is 11.1. The molecule has 2 heterocycles. The second-order valence-electron chi connectivity index (χ2n) is 6.06. The fraction of sp³-hybridized carbons (Fsp3) is 0.412. The Kier molecular flexibility index (Phi) is 5.03. The van der Waals surface area contributed by atoms with Crippen LogP contribution in [-0.4, -0.2) is 28.9 Å². The summed E-state index contributed by atoms with van der Waals surface area (Å²) in [5, 5.41) is 5.14. The first-order valence-electron chi connectivity index (χ1n) is 7.84. The van der Waals surface area contributed by atoms with E-state index in [9.17, 15) is 9.18 Å². The van der Waals surface area contributed by atoms with Crippen molar-refractivity contribution < 1.29 is 9.18 Å². The van der Waals surface area contributed by atoms with Crippen LogP contribution in [0, 0.1) is 11.7 Å². The molecule has 1 N–H and O–H groups in total. The highest BCUT2D eigenvalue weighted by Gasteiger charge is 2.18. The fourth-order valence-corrected chi connectivity index (χ4v) is 3.60. The molecule has 1 aromatic heterocycles. The van der Waals surface area contributed by atoms with Crippen molar-refractivity contribution in [2.24, 2.45) is 5.92 Å². The van der Waals surface area contributed by atoms with Crippen molar-refractivity contribution in [1.29, 1.82) is 0 Å². The molecule has 122 valence electrons. The number of hydrogen-bond donors (Lipinski definition) is 1. The summed E-state index contributed by atoms with van der Waals surface area (Å²) in [7, 11) is 0. The molecule has 0 aliphatic carbocycles. The van der Waals surface area contributed by atoms with Crippen LogP contribution in [0.2, 0.25) is 0 Å². The number of thiazole rings is 1. The normalized spacial score (nSPS) is 18.8. The Morgan fingerprint density at radius 2 is 2.30 bits per heavy atom. The van der Waals surface area contributed by atoms with Gasteiger partial charge in [-0.1, -0.05) is 19.1 Å². The summed E-state index contributed by atoms with van der Waals surface area (Å²) in [6, 6.07) is 5.95. The molecule has 0 spiro atoms. The smallest absolute Gasteiger partial charge is 0.260 e. The molecule has 0 saturated carbocycles. The number of halogens is 1. The molecular formula is C17H20FN3OS. The van der Waals surface area contributed by atoms with Crippen LogP contribution in [0.25, 0.3) is 0 Å². The van der Waals surface area contributed by atoms with Crippen LogP contribution in [0.15, 0.2) is 29.6 Å². The average molecular weight is 333 g/mol. The summed E-state index contributed by atoms with van der Waals surface area (Å²) in [4.78, 5) is 18.9. The van der Waals surface area contributed by atoms with E-state index in [-0.39, 0.29) is 5.56 Å². The predicted molar refractivity (Wildman–Crippen MR) is 90.1 cm³/mol. The standard InChI is InChI=1S/C17H20FN3OS/c1-12-5-4-8-21(9-12)10-13-11-23-17(19-13)20-16(22)14-6-2-3-7-15(14)18/h2-3,6-7,11-12H,4-5,8-10H2,1H3,(H,19,20,22)/t12-/m0/s1. The average Bonchev–Trinajstić information content (AvgIpc) is 2.94. The van der Waals surface area contributed by atoms with Crippen LogP contribution in [0.5, 0.6) is 0 Å². The summed E-state index contributed by atoms with van der Waals surface area (Å²) in [6.45, 7) is 5.26. The number of amides is 1. The number of aromatic nitrogens is 1. The van der Waals surface area contributed by atoms with Crippen molar-refractivity contribution in [2.75, 3.05) is 18.4 Å². The van der Waals surface area contributed by atoms with Crippen molar-refractivity contribution in [3.63, 3.8) is 0 Å². The molecule has 23 heavy (non-hydrogen) atoms. The van der Waals surface area contributed by atoms with Gasteiger partial charge in [0, 0.05) is 18.5 Å². The van der Waals surface area contributed by atoms with E-state index in [0.717, 1.165) is 31.2 Å². The maximum atomic E-state index is 13.6. The molecule has 1 saturated heterocycles. The van der Waals surface area contributed by atoms with Crippen LogP contribution in [0.4, 0.5) is 9.52 Å². The number of nitrogens with one attached hydrogen (secondary N) is 1. The Bertz CT molecular complexity index is 688. The lowest BCUT2D eigenvalue weighted by Crippen LogP contribution is -2.33. The van der Waals surface area contributed by atoms with Gasteiger partial charge in [0.2, 0.25) is 0 Å². The fourth-order valence-electron chi connectivity index (χ4n) is 2.91. The van der Waals surface area contributed by atoms with Gasteiger partial charge in [-0.3, -0.25) is 15.0 Å². The minimum absolute atomic E-state index is 0.0362. The number of piperidine rings is 1. The van der Waals surface area contributed by atoms with Gasteiger partial charge in [-0.2, -0.15) is 0 Å². The highest BCUT2D eigenvalue weighted by molar-refractivity contribution is 7.13. The van der Waals surface area contributed by atoms with Gasteiger partial charge < -0.3 is 0 Å². The van der Waals surface area contributed by atoms with Crippen molar-refractivity contribution in [2.45, 2.75) is 26.3 Å². The Labute approximate surface area is 139 Å². The summed E-state index contributed by atoms with van der Waals surface area (Å²) in [5.74, 6) is -0.262. The molecule has 0 unspecified atom stereocenters. The molecular weight excluding hydrogens is 313 g/mol. The lowest BCUT2D eigenvalue weighted by Gasteiger charge is -2.30. The molecule has 3 rings (SSSR count). The van der Waals surface area contributed by atoms with Gasteiger partial charge in [0.15, 0.2) is 5.13 Å². The number of likely N-dealkylation sites (tertiary alicyclic amines) is 1. The van der Waals surface area contributed by atoms with Gasteiger partial charge in [-0.05, 0) is 37.4 Å². The topological polar surface area (TPSA) is 45.2 Å². The maximum absolute atomic E-state index is 13.6. The SMILES string of the molecule is C[C@H]1CCCN(Cc2csc(NC(=O)c3ccccc3F)n2)C1. The van der Waals surface area contributed by atoms with E-state index in [1.807, 2.05) is 5.38 Å². The molecule has 0 bridgehead atoms. The number of carbonyl (C=O) groups is 1. The predicted octanol–water partition coefficient (Wildman–Crippen LogP) is 3.77. The zero-order chi connectivity index (χ0) is 16.2. The third-order valence-electron chi connectivity index (χ3n) is 4.02. The third kappa shape index (κ3) is 4.14. The van der Waals surface area contributed by atoms with E-state index >= 15 is 0 Å². The Morgan fingerprint density at radius 3 is 3.09 bits per heavy atom. The quantitative estimate of drug-likeness (QED) is 0.926. The molecule has 2 aromatic rings. The molecule has 6 heteroatoms. The van der Waals surface area contributed by atoms with E-state index in [0.29, 0.717) is 5.13 Å². The largest absolute Gasteiger partial charge is 0.298 e. The summed E-state index contributed by atoms with van der Waals surface area (Å²) in [5.41, 5.74) is 0.988. The van der Waals surface area contributed by atoms with Crippen molar-refractivity contribution >= 4 is 22.4 Å². The number of hydrogen-bond acceptors (Lipinski definition) is 4. The highest BCUT2D eigenvalue weighted by atomic mass is 32.1. The van der Waals surface area contributed by atoms with Gasteiger partial charge in [0.1, 0.15) is 5.82 Å². The number of nitrogens with zero attached hydrogens (tertiary/aromatic N) is 2. The van der Waals surface area contributed by atoms with Crippen molar-refractivity contribution in [3.05, 3.63) is 46.7 Å². The van der Waals surface area contributed by atoms with Crippen LogP contribution in [0.1, 0.15) is 35.8 Å². The van der Waals surface area contributed by atoms with E-state index in [1.54, 1.807) is 12.1 Å². The Morgan fingerprint density at radius 1 is 1.48 bits per heavy atom. The number of anilines is 1. The maximum Gasteiger partial charge on any atom is 0.260 e. The summed E-state index contributed by atoms with van der Waals surface area (Å²) < 4.78 is 13.6. The highest BCUT2D eigenvalue weighted by Crippen LogP contribution is 2.21. The molecule has 1 aliphatic rings. The minimum Gasteiger partial charge on any atom is -0.298 e. The zero-order valence-electron chi connectivity index (χ0n) is 13.1. The molecule has 1 atom stereocenters. The second kappa shape index (κ2) is 7.19. The van der Waals surface area contributed by atoms with Gasteiger partial charge in [-0.15, -0.1) is 11.3 Å². The van der Waals surface area contributed by atoms with Crippen LogP contribution in [-0.2, 0) is 6.54 Å². The van der Waals surface area contributed by atoms with Gasteiger partial charge in [0.25, 0.3) is 5.91 Å². The van der Waals surface area contributed by atoms with E-state index < -0.39 is 11.7 Å². The lowest BCUT2D eigenvalue weighted by molar-refractivity contribution is 0.102. The van der Waals surface area contributed by atoms with Crippen LogP contribution in [0.3, 0.4) is 0 Å². The molecule has 1 aromatic carbocycles. The zero-order valence-corrected chi connectivity index (χ0v) is 13.9. The monoisotopic (exact) mass is 333 g/mol. The van der Waals surface area contributed by atoms with Crippen molar-refractivity contribution in [1.82, 2.24) is 9.88 Å². The van der Waals surface area contributed by atoms with Gasteiger partial charge in [-0.25, -0.2) is 9.37 Å². The first kappa shape index (κ1) is 16.1. The summed E-state index contributed by atoms with van der Waals surface area (Å²) >= 11 is 1.38. The first-order valence-corrected chi connectivity index (χ1v) is 8.72. The van der Waals surface area contributed by atoms with Crippen molar-refractivity contribution in [3.8, 4) is 0 Å². The molecule has 1 aliphatic heterocycles. The van der Waals surface area contributed by atoms with Crippen LogP contribution >= 0.6 is 11.3 Å². The van der Waals surface area contributed by atoms with Gasteiger partial charge >= 0.3 is 0 Å². The molecule has 0 radical (unpaired) electrons. The third-order valence-corrected chi connectivity index (χ3v) is 4.82. The van der Waals surface area contributed by atoms with E-state index in [4.69, 9.17) is 0 Å². The summed E-state index contributed by atoms with van der Waals surface area (Å²) in [6.07, 6.45) is 2.51. The number of rotatable bonds is 4. The molecule has 1 amide bonds. The molecule has 4 nitrogen and oxygen atoms in total.